The summed E-state index contributed by atoms with van der Waals surface area (Å²) in [5.41, 5.74) is -0.0227. The molecule has 1 heterocycles. The Labute approximate surface area is 88.6 Å². The molecule has 0 radical (unpaired) electrons. The van der Waals surface area contributed by atoms with Crippen molar-refractivity contribution in [2.75, 3.05) is 7.11 Å². The molecule has 0 aromatic heterocycles. The molecule has 0 fully saturated rings. The van der Waals surface area contributed by atoms with Gasteiger partial charge in [0.2, 0.25) is 0 Å². The van der Waals surface area contributed by atoms with Crippen molar-refractivity contribution < 1.29 is 19.1 Å². The molecule has 0 saturated heterocycles. The Morgan fingerprint density at radius 2 is 2.13 bits per heavy atom. The van der Waals surface area contributed by atoms with Crippen molar-refractivity contribution >= 4 is 12.3 Å². The van der Waals surface area contributed by atoms with E-state index in [-0.39, 0.29) is 0 Å². The fourth-order valence-electron chi connectivity index (χ4n) is 1.70. The van der Waals surface area contributed by atoms with Crippen molar-refractivity contribution in [3.8, 4) is 0 Å². The largest absolute Gasteiger partial charge is 0.496 e. The van der Waals surface area contributed by atoms with Gasteiger partial charge in [0.15, 0.2) is 11.4 Å². The van der Waals surface area contributed by atoms with E-state index in [4.69, 9.17) is 9.47 Å². The summed E-state index contributed by atoms with van der Waals surface area (Å²) in [7, 11) is 1.48. The van der Waals surface area contributed by atoms with Crippen LogP contribution in [0.2, 0.25) is 0 Å². The molecule has 0 N–H and O–H groups in total. The Morgan fingerprint density at radius 1 is 1.53 bits per heavy atom. The standard InChI is InChI=1S/C11H14O4/c1-7(6-12)5-11(3)9(14-4)8(2)10(13)15-11/h5-6H,1-4H3/b7-5+. The number of rotatable bonds is 3. The Morgan fingerprint density at radius 3 is 2.60 bits per heavy atom. The average Bonchev–Trinajstić information content (AvgIpc) is 2.37. The molecular formula is C11H14O4. The number of allylic oxidation sites excluding steroid dienone is 1. The minimum Gasteiger partial charge on any atom is -0.496 e. The van der Waals surface area contributed by atoms with Gasteiger partial charge in [0, 0.05) is 0 Å². The van der Waals surface area contributed by atoms with Gasteiger partial charge < -0.3 is 9.47 Å². The Balaban J connectivity index is 3.17. The third-order valence-corrected chi connectivity index (χ3v) is 2.30. The van der Waals surface area contributed by atoms with E-state index >= 15 is 0 Å². The second-order valence-electron chi connectivity index (χ2n) is 3.66. The molecule has 0 aromatic rings. The zero-order chi connectivity index (χ0) is 11.6. The Bertz CT molecular complexity index is 365. The number of methoxy groups -OCH3 is 1. The van der Waals surface area contributed by atoms with Crippen molar-refractivity contribution in [2.45, 2.75) is 26.4 Å². The minimum absolute atomic E-state index is 0.413. The first kappa shape index (κ1) is 11.5. The van der Waals surface area contributed by atoms with Crippen molar-refractivity contribution in [3.05, 3.63) is 23.0 Å². The van der Waals surface area contributed by atoms with Crippen molar-refractivity contribution in [2.24, 2.45) is 0 Å². The van der Waals surface area contributed by atoms with E-state index in [0.29, 0.717) is 23.2 Å². The van der Waals surface area contributed by atoms with Gasteiger partial charge in [-0.2, -0.15) is 0 Å². The molecule has 0 aromatic carbocycles. The van der Waals surface area contributed by atoms with Crippen LogP contribution >= 0.6 is 0 Å². The number of ether oxygens (including phenoxy) is 2. The fraction of sp³-hybridized carbons (Fsp3) is 0.455. The van der Waals surface area contributed by atoms with Gasteiger partial charge in [-0.1, -0.05) is 0 Å². The molecular weight excluding hydrogens is 196 g/mol. The lowest BCUT2D eigenvalue weighted by atomic mass is 10.00. The molecule has 0 amide bonds. The summed E-state index contributed by atoms with van der Waals surface area (Å²) in [5, 5.41) is 0. The number of esters is 1. The van der Waals surface area contributed by atoms with Gasteiger partial charge in [-0.3, -0.25) is 4.79 Å². The van der Waals surface area contributed by atoms with E-state index in [1.165, 1.54) is 7.11 Å². The monoisotopic (exact) mass is 210 g/mol. The number of aldehydes is 1. The first-order valence-corrected chi connectivity index (χ1v) is 4.58. The SMILES string of the molecule is COC1=C(C)C(=O)OC1(C)/C=C(\C)C=O. The van der Waals surface area contributed by atoms with Crippen molar-refractivity contribution in [1.29, 1.82) is 0 Å². The van der Waals surface area contributed by atoms with Crippen LogP contribution < -0.4 is 0 Å². The molecule has 1 aliphatic heterocycles. The number of cyclic esters (lactones) is 1. The molecule has 0 saturated carbocycles. The molecule has 15 heavy (non-hydrogen) atoms. The van der Waals surface area contributed by atoms with Crippen LogP contribution in [0.25, 0.3) is 0 Å². The highest BCUT2D eigenvalue weighted by molar-refractivity contribution is 5.92. The van der Waals surface area contributed by atoms with Crippen molar-refractivity contribution in [3.63, 3.8) is 0 Å². The van der Waals surface area contributed by atoms with Crippen molar-refractivity contribution in [1.82, 2.24) is 0 Å². The maximum atomic E-state index is 11.4. The predicted octanol–water partition coefficient (Wildman–Crippen LogP) is 1.37. The normalized spacial score (nSPS) is 26.7. The lowest BCUT2D eigenvalue weighted by Crippen LogP contribution is -2.26. The number of hydrogen-bond acceptors (Lipinski definition) is 4. The Kier molecular flexibility index (Phi) is 2.98. The first-order chi connectivity index (χ1) is 6.94. The lowest BCUT2D eigenvalue weighted by Gasteiger charge is -2.21. The van der Waals surface area contributed by atoms with Crippen LogP contribution in [0.3, 0.4) is 0 Å². The summed E-state index contributed by atoms with van der Waals surface area (Å²) < 4.78 is 10.3. The first-order valence-electron chi connectivity index (χ1n) is 4.58. The molecule has 0 aliphatic carbocycles. The summed E-state index contributed by atoms with van der Waals surface area (Å²) >= 11 is 0. The van der Waals surface area contributed by atoms with Gasteiger partial charge in [0.1, 0.15) is 6.29 Å². The molecule has 4 nitrogen and oxygen atoms in total. The highest BCUT2D eigenvalue weighted by Gasteiger charge is 2.42. The summed E-state index contributed by atoms with van der Waals surface area (Å²) in [6.07, 6.45) is 2.28. The second-order valence-corrected chi connectivity index (χ2v) is 3.66. The van der Waals surface area contributed by atoms with Crippen LogP contribution in [0.15, 0.2) is 23.0 Å². The van der Waals surface area contributed by atoms with Crippen LogP contribution in [0.1, 0.15) is 20.8 Å². The zero-order valence-electron chi connectivity index (χ0n) is 9.29. The second kappa shape index (κ2) is 3.88. The number of carbonyl (C=O) groups excluding carboxylic acids is 2. The average molecular weight is 210 g/mol. The van der Waals surface area contributed by atoms with Gasteiger partial charge in [-0.25, -0.2) is 4.79 Å². The summed E-state index contributed by atoms with van der Waals surface area (Å²) in [6, 6.07) is 0. The zero-order valence-corrected chi connectivity index (χ0v) is 9.29. The van der Waals surface area contributed by atoms with E-state index < -0.39 is 11.6 Å². The fourth-order valence-corrected chi connectivity index (χ4v) is 1.70. The number of hydrogen-bond donors (Lipinski definition) is 0. The third kappa shape index (κ3) is 1.93. The van der Waals surface area contributed by atoms with Crippen LogP contribution in [0.4, 0.5) is 0 Å². The predicted molar refractivity (Wildman–Crippen MR) is 54.0 cm³/mol. The Hall–Kier alpha value is -1.58. The van der Waals surface area contributed by atoms with Gasteiger partial charge in [-0.15, -0.1) is 0 Å². The van der Waals surface area contributed by atoms with Gasteiger partial charge >= 0.3 is 5.97 Å². The van der Waals surface area contributed by atoms with Crippen LogP contribution in [0, 0.1) is 0 Å². The topological polar surface area (TPSA) is 52.6 Å². The van der Waals surface area contributed by atoms with Gasteiger partial charge in [0.05, 0.1) is 12.7 Å². The van der Waals surface area contributed by atoms with Gasteiger partial charge in [0.25, 0.3) is 0 Å². The maximum absolute atomic E-state index is 11.4. The van der Waals surface area contributed by atoms with E-state index in [0.717, 1.165) is 0 Å². The van der Waals surface area contributed by atoms with Crippen LogP contribution in [-0.2, 0) is 19.1 Å². The van der Waals surface area contributed by atoms with Crippen LogP contribution in [-0.4, -0.2) is 25.0 Å². The quantitative estimate of drug-likeness (QED) is 0.401. The van der Waals surface area contributed by atoms with E-state index in [9.17, 15) is 9.59 Å². The molecule has 1 unspecified atom stereocenters. The van der Waals surface area contributed by atoms with E-state index in [2.05, 4.69) is 0 Å². The highest BCUT2D eigenvalue weighted by Crippen LogP contribution is 2.34. The molecule has 0 spiro atoms. The summed E-state index contributed by atoms with van der Waals surface area (Å²) in [4.78, 5) is 21.9. The summed E-state index contributed by atoms with van der Waals surface area (Å²) in [5.74, 6) is 0.0398. The van der Waals surface area contributed by atoms with E-state index in [1.54, 1.807) is 26.8 Å². The minimum atomic E-state index is -0.957. The van der Waals surface area contributed by atoms with E-state index in [1.807, 2.05) is 0 Å². The molecule has 0 bridgehead atoms. The molecule has 4 heteroatoms. The number of carbonyl (C=O) groups is 2. The maximum Gasteiger partial charge on any atom is 0.338 e. The molecule has 82 valence electrons. The lowest BCUT2D eigenvalue weighted by molar-refractivity contribution is -0.143. The molecule has 1 rings (SSSR count). The van der Waals surface area contributed by atoms with Crippen LogP contribution in [0.5, 0.6) is 0 Å². The molecule has 1 atom stereocenters. The third-order valence-electron chi connectivity index (χ3n) is 2.30. The smallest absolute Gasteiger partial charge is 0.338 e. The van der Waals surface area contributed by atoms with Gasteiger partial charge in [-0.05, 0) is 32.4 Å². The summed E-state index contributed by atoms with van der Waals surface area (Å²) in [6.45, 7) is 4.97. The highest BCUT2D eigenvalue weighted by atomic mass is 16.6. The molecule has 1 aliphatic rings.